The summed E-state index contributed by atoms with van der Waals surface area (Å²) in [5, 5.41) is 11.4. The van der Waals surface area contributed by atoms with Crippen LogP contribution in [-0.2, 0) is 20.7 Å². The zero-order valence-corrected chi connectivity index (χ0v) is 21.9. The first-order chi connectivity index (χ1) is 17.9. The molecule has 0 unspecified atom stereocenters. The number of aliphatic hydroxyl groups is 1. The summed E-state index contributed by atoms with van der Waals surface area (Å²) in [7, 11) is 1.54. The van der Waals surface area contributed by atoms with Crippen molar-refractivity contribution in [1.29, 1.82) is 0 Å². The van der Waals surface area contributed by atoms with Gasteiger partial charge >= 0.3 is 0 Å². The third-order valence-electron chi connectivity index (χ3n) is 6.58. The second-order valence-electron chi connectivity index (χ2n) is 9.28. The molecule has 0 spiro atoms. The highest BCUT2D eigenvalue weighted by Crippen LogP contribution is 2.42. The molecule has 2 aliphatic heterocycles. The summed E-state index contributed by atoms with van der Waals surface area (Å²) in [6.07, 6.45) is 2.67. The highest BCUT2D eigenvalue weighted by atomic mass is 16.5. The summed E-state index contributed by atoms with van der Waals surface area (Å²) in [6, 6.07) is 9.91. The Bertz CT molecular complexity index is 1190. The number of Topliss-reactive ketones (excluding diaryl/α,β-unsaturated/α-hetero) is 1. The van der Waals surface area contributed by atoms with Crippen LogP contribution < -0.4 is 14.2 Å². The van der Waals surface area contributed by atoms with Gasteiger partial charge in [-0.2, -0.15) is 0 Å². The van der Waals surface area contributed by atoms with Gasteiger partial charge < -0.3 is 29.0 Å². The summed E-state index contributed by atoms with van der Waals surface area (Å²) < 4.78 is 22.7. The van der Waals surface area contributed by atoms with Crippen molar-refractivity contribution in [2.75, 3.05) is 33.5 Å². The second kappa shape index (κ2) is 11.7. The number of ketones is 1. The van der Waals surface area contributed by atoms with Crippen LogP contribution in [0.15, 0.2) is 42.0 Å². The number of hydrogen-bond acceptors (Lipinski definition) is 7. The van der Waals surface area contributed by atoms with Crippen LogP contribution in [0.4, 0.5) is 0 Å². The molecular weight excluding hydrogens is 474 g/mol. The van der Waals surface area contributed by atoms with Crippen LogP contribution in [0.1, 0.15) is 56.3 Å². The zero-order chi connectivity index (χ0) is 26.5. The molecule has 198 valence electrons. The number of rotatable bonds is 11. The van der Waals surface area contributed by atoms with E-state index in [1.807, 2.05) is 26.0 Å². The van der Waals surface area contributed by atoms with Gasteiger partial charge in [0.15, 0.2) is 11.5 Å². The van der Waals surface area contributed by atoms with E-state index in [1.165, 1.54) is 12.0 Å². The highest BCUT2D eigenvalue weighted by molar-refractivity contribution is 6.46. The molecule has 0 aromatic heterocycles. The smallest absolute Gasteiger partial charge is 0.295 e. The second-order valence-corrected chi connectivity index (χ2v) is 9.28. The van der Waals surface area contributed by atoms with Gasteiger partial charge in [0.05, 0.1) is 31.4 Å². The molecule has 2 aromatic carbocycles. The predicted molar refractivity (Wildman–Crippen MR) is 139 cm³/mol. The number of ether oxygens (including phenoxy) is 4. The van der Waals surface area contributed by atoms with Gasteiger partial charge in [0, 0.05) is 25.6 Å². The molecule has 1 N–H and O–H groups in total. The molecule has 2 aromatic rings. The number of nitrogens with zero attached hydrogens (tertiary/aromatic N) is 1. The molecule has 8 heteroatoms. The van der Waals surface area contributed by atoms with Crippen LogP contribution in [0.2, 0.25) is 0 Å². The molecule has 2 atom stereocenters. The summed E-state index contributed by atoms with van der Waals surface area (Å²) in [5.74, 6) is 0.263. The summed E-state index contributed by atoms with van der Waals surface area (Å²) in [6.45, 7) is 7.37. The lowest BCUT2D eigenvalue weighted by Gasteiger charge is -2.26. The molecule has 0 bridgehead atoms. The average molecular weight is 510 g/mol. The van der Waals surface area contributed by atoms with Gasteiger partial charge in [0.2, 0.25) is 0 Å². The lowest BCUT2D eigenvalue weighted by molar-refractivity contribution is -0.140. The molecule has 2 aliphatic rings. The molecule has 0 saturated carbocycles. The number of amides is 1. The fourth-order valence-electron chi connectivity index (χ4n) is 4.78. The SMILES string of the molecule is CCCCOc1ccc([C@@H]2/C(=C(\O)c3ccc4c(c3)C[C@@H](C)O4)C(=O)C(=O)N2CCOC)cc1OCC. The van der Waals surface area contributed by atoms with Gasteiger partial charge in [-0.15, -0.1) is 0 Å². The number of carbonyl (C=O) groups is 2. The lowest BCUT2D eigenvalue weighted by atomic mass is 9.94. The molecule has 8 nitrogen and oxygen atoms in total. The first-order valence-corrected chi connectivity index (χ1v) is 12.9. The number of fused-ring (bicyclic) bond motifs is 1. The van der Waals surface area contributed by atoms with Crippen molar-refractivity contribution in [3.8, 4) is 17.2 Å². The van der Waals surface area contributed by atoms with E-state index >= 15 is 0 Å². The Morgan fingerprint density at radius 1 is 1.08 bits per heavy atom. The van der Waals surface area contributed by atoms with Crippen LogP contribution in [0.3, 0.4) is 0 Å². The van der Waals surface area contributed by atoms with E-state index in [9.17, 15) is 14.7 Å². The predicted octanol–water partition coefficient (Wildman–Crippen LogP) is 4.66. The van der Waals surface area contributed by atoms with Crippen LogP contribution >= 0.6 is 0 Å². The molecule has 2 heterocycles. The minimum atomic E-state index is -0.803. The lowest BCUT2D eigenvalue weighted by Crippen LogP contribution is -2.32. The van der Waals surface area contributed by atoms with Crippen molar-refractivity contribution in [2.24, 2.45) is 0 Å². The molecule has 4 rings (SSSR count). The molecule has 37 heavy (non-hydrogen) atoms. The van der Waals surface area contributed by atoms with Crippen LogP contribution in [0, 0.1) is 0 Å². The minimum absolute atomic E-state index is 0.0371. The van der Waals surface area contributed by atoms with Crippen molar-refractivity contribution >= 4 is 17.4 Å². The standard InChI is InChI=1S/C29H35NO7/c1-5-7-13-36-23-11-8-19(17-24(23)35-6-2)26-25(28(32)29(33)30(26)12-14-34-4)27(31)20-9-10-22-21(16-20)15-18(3)37-22/h8-11,16-18,26,31H,5-7,12-15H2,1-4H3/b27-25+/t18-,26-/m1/s1. The van der Waals surface area contributed by atoms with Gasteiger partial charge in [-0.05, 0) is 61.7 Å². The van der Waals surface area contributed by atoms with E-state index in [4.69, 9.17) is 18.9 Å². The Morgan fingerprint density at radius 2 is 1.89 bits per heavy atom. The van der Waals surface area contributed by atoms with Crippen molar-refractivity contribution < 1.29 is 33.6 Å². The van der Waals surface area contributed by atoms with Crippen molar-refractivity contribution in [1.82, 2.24) is 4.90 Å². The van der Waals surface area contributed by atoms with E-state index in [-0.39, 0.29) is 30.6 Å². The van der Waals surface area contributed by atoms with E-state index in [2.05, 4.69) is 6.92 Å². The summed E-state index contributed by atoms with van der Waals surface area (Å²) in [4.78, 5) is 27.9. The third-order valence-corrected chi connectivity index (χ3v) is 6.58. The van der Waals surface area contributed by atoms with Crippen LogP contribution in [0.25, 0.3) is 5.76 Å². The zero-order valence-electron chi connectivity index (χ0n) is 21.9. The maximum Gasteiger partial charge on any atom is 0.295 e. The minimum Gasteiger partial charge on any atom is -0.507 e. The Morgan fingerprint density at radius 3 is 2.62 bits per heavy atom. The Balaban J connectivity index is 1.79. The highest BCUT2D eigenvalue weighted by Gasteiger charge is 2.46. The monoisotopic (exact) mass is 509 g/mol. The normalized spacial score (nSPS) is 20.2. The fraction of sp³-hybridized carbons (Fsp3) is 0.448. The van der Waals surface area contributed by atoms with Crippen molar-refractivity contribution in [2.45, 2.75) is 52.2 Å². The van der Waals surface area contributed by atoms with Crippen LogP contribution in [0.5, 0.6) is 17.2 Å². The molecule has 1 saturated heterocycles. The largest absolute Gasteiger partial charge is 0.507 e. The van der Waals surface area contributed by atoms with Gasteiger partial charge in [-0.1, -0.05) is 19.4 Å². The summed E-state index contributed by atoms with van der Waals surface area (Å²) >= 11 is 0. The van der Waals surface area contributed by atoms with E-state index < -0.39 is 17.7 Å². The quantitative estimate of drug-likeness (QED) is 0.204. The summed E-state index contributed by atoms with van der Waals surface area (Å²) in [5.41, 5.74) is 2.10. The molecule has 1 fully saturated rings. The van der Waals surface area contributed by atoms with Gasteiger partial charge in [0.25, 0.3) is 11.7 Å². The Labute approximate surface area is 217 Å². The number of carbonyl (C=O) groups excluding carboxylic acids is 2. The Hall–Kier alpha value is -3.52. The molecule has 0 aliphatic carbocycles. The van der Waals surface area contributed by atoms with Crippen molar-refractivity contribution in [3.63, 3.8) is 0 Å². The fourth-order valence-corrected chi connectivity index (χ4v) is 4.78. The first-order valence-electron chi connectivity index (χ1n) is 12.9. The van der Waals surface area contributed by atoms with E-state index in [1.54, 1.807) is 24.3 Å². The number of methoxy groups -OCH3 is 1. The van der Waals surface area contributed by atoms with Crippen LogP contribution in [-0.4, -0.2) is 61.3 Å². The number of likely N-dealkylation sites (tertiary alicyclic amines) is 1. The van der Waals surface area contributed by atoms with E-state index in [0.29, 0.717) is 42.3 Å². The van der Waals surface area contributed by atoms with Gasteiger partial charge in [0.1, 0.15) is 17.6 Å². The van der Waals surface area contributed by atoms with Gasteiger partial charge in [-0.3, -0.25) is 9.59 Å². The number of benzene rings is 2. The third kappa shape index (κ3) is 5.44. The maximum absolute atomic E-state index is 13.3. The molecule has 0 radical (unpaired) electrons. The number of unbranched alkanes of at least 4 members (excludes halogenated alkanes) is 1. The topological polar surface area (TPSA) is 94.5 Å². The maximum atomic E-state index is 13.3. The number of hydrogen-bond donors (Lipinski definition) is 1. The Kier molecular flexibility index (Phi) is 8.38. The molecular formula is C29H35NO7. The average Bonchev–Trinajstić information content (AvgIpc) is 3.38. The number of aliphatic hydroxyl groups excluding tert-OH is 1. The first kappa shape index (κ1) is 26.5. The molecule has 1 amide bonds. The van der Waals surface area contributed by atoms with Gasteiger partial charge in [-0.25, -0.2) is 0 Å². The van der Waals surface area contributed by atoms with Crippen molar-refractivity contribution in [3.05, 3.63) is 58.7 Å². The van der Waals surface area contributed by atoms with E-state index in [0.717, 1.165) is 24.2 Å².